The first-order valence-corrected chi connectivity index (χ1v) is 8.81. The van der Waals surface area contributed by atoms with Crippen LogP contribution in [-0.2, 0) is 4.79 Å². The Bertz CT molecular complexity index is 772. The van der Waals surface area contributed by atoms with Gasteiger partial charge in [-0.15, -0.1) is 0 Å². The Morgan fingerprint density at radius 3 is 2.20 bits per heavy atom. The maximum Gasteiger partial charge on any atom is 0.293 e. The van der Waals surface area contributed by atoms with Gasteiger partial charge in [0.05, 0.1) is 0 Å². The Labute approximate surface area is 159 Å². The molecule has 0 fully saturated rings. The molecule has 0 saturated carbocycles. The minimum atomic E-state index is -0.444. The van der Waals surface area contributed by atoms with Gasteiger partial charge >= 0.3 is 0 Å². The summed E-state index contributed by atoms with van der Waals surface area (Å²) in [6.45, 7) is 3.98. The molecule has 1 heterocycles. The second-order valence-electron chi connectivity index (χ2n) is 5.74. The molecule has 0 unspecified atom stereocenters. The van der Waals surface area contributed by atoms with Crippen molar-refractivity contribution in [1.82, 2.24) is 5.32 Å². The van der Waals surface area contributed by atoms with Gasteiger partial charge in [-0.2, -0.15) is 0 Å². The number of nitrogens with one attached hydrogen (secondary N) is 3. The maximum absolute atomic E-state index is 11.9. The van der Waals surface area contributed by atoms with E-state index in [0.717, 1.165) is 0 Å². The van der Waals surface area contributed by atoms with Gasteiger partial charge in [0.2, 0.25) is 5.91 Å². The number of carbonyl (C=O) groups is 2. The quantitative estimate of drug-likeness (QED) is 0.628. The van der Waals surface area contributed by atoms with Crippen LogP contribution in [0.1, 0.15) is 30.8 Å². The van der Waals surface area contributed by atoms with E-state index >= 15 is 0 Å². The van der Waals surface area contributed by atoms with Gasteiger partial charge in [-0.25, -0.2) is 0 Å². The SMILES string of the molecule is CC(C)CC(=O)Nc1ccc(NC(=S)NC(=O)c2ccc(Br)o2)cc1. The van der Waals surface area contributed by atoms with E-state index in [-0.39, 0.29) is 16.8 Å². The van der Waals surface area contributed by atoms with Gasteiger partial charge in [-0.1, -0.05) is 13.8 Å². The minimum Gasteiger partial charge on any atom is -0.444 e. The Morgan fingerprint density at radius 1 is 1.08 bits per heavy atom. The number of benzene rings is 1. The van der Waals surface area contributed by atoms with Crippen LogP contribution >= 0.6 is 28.1 Å². The minimum absolute atomic E-state index is 0.0249. The third-order valence-electron chi connectivity index (χ3n) is 3.04. The zero-order chi connectivity index (χ0) is 18.4. The first-order chi connectivity index (χ1) is 11.8. The molecule has 0 aliphatic carbocycles. The van der Waals surface area contributed by atoms with Gasteiger partial charge < -0.3 is 15.1 Å². The lowest BCUT2D eigenvalue weighted by atomic mass is 10.1. The van der Waals surface area contributed by atoms with Crippen LogP contribution in [0.15, 0.2) is 45.5 Å². The van der Waals surface area contributed by atoms with Crippen molar-refractivity contribution in [2.45, 2.75) is 20.3 Å². The number of carbonyl (C=O) groups excluding carboxylic acids is 2. The molecule has 0 aliphatic rings. The fraction of sp³-hybridized carbons (Fsp3) is 0.235. The number of hydrogen-bond acceptors (Lipinski definition) is 4. The molecule has 1 aromatic heterocycles. The van der Waals surface area contributed by atoms with Crippen LogP contribution in [0, 0.1) is 5.92 Å². The molecule has 0 radical (unpaired) electrons. The summed E-state index contributed by atoms with van der Waals surface area (Å²) in [6.07, 6.45) is 0.471. The van der Waals surface area contributed by atoms with Crippen LogP contribution in [0.5, 0.6) is 0 Å². The van der Waals surface area contributed by atoms with E-state index in [4.69, 9.17) is 16.6 Å². The Balaban J connectivity index is 1.87. The highest BCUT2D eigenvalue weighted by Crippen LogP contribution is 2.15. The third kappa shape index (κ3) is 6.32. The molecule has 0 saturated heterocycles. The molecular formula is C17H18BrN3O3S. The molecule has 2 rings (SSSR count). The van der Waals surface area contributed by atoms with Crippen molar-refractivity contribution in [3.05, 3.63) is 46.8 Å². The summed E-state index contributed by atoms with van der Waals surface area (Å²) in [6, 6.07) is 10.2. The van der Waals surface area contributed by atoms with Gasteiger partial charge in [-0.3, -0.25) is 14.9 Å². The zero-order valence-corrected chi connectivity index (χ0v) is 16.2. The first kappa shape index (κ1) is 19.1. The fourth-order valence-electron chi connectivity index (χ4n) is 1.98. The van der Waals surface area contributed by atoms with Crippen molar-refractivity contribution in [3.8, 4) is 0 Å². The molecule has 25 heavy (non-hydrogen) atoms. The highest BCUT2D eigenvalue weighted by atomic mass is 79.9. The van der Waals surface area contributed by atoms with Crippen molar-refractivity contribution in [2.75, 3.05) is 10.6 Å². The highest BCUT2D eigenvalue weighted by Gasteiger charge is 2.12. The molecule has 0 spiro atoms. The number of rotatable bonds is 5. The van der Waals surface area contributed by atoms with Gasteiger partial charge in [0.15, 0.2) is 15.5 Å². The lowest BCUT2D eigenvalue weighted by Gasteiger charge is -2.10. The molecule has 132 valence electrons. The Kier molecular flexibility index (Phi) is 6.72. The normalized spacial score (nSPS) is 10.4. The lowest BCUT2D eigenvalue weighted by Crippen LogP contribution is -2.33. The number of thiocarbonyl (C=S) groups is 1. The average molecular weight is 424 g/mol. The van der Waals surface area contributed by atoms with Crippen LogP contribution in [0.2, 0.25) is 0 Å². The lowest BCUT2D eigenvalue weighted by molar-refractivity contribution is -0.116. The summed E-state index contributed by atoms with van der Waals surface area (Å²) in [5.74, 6) is -0.0141. The Hall–Kier alpha value is -2.19. The van der Waals surface area contributed by atoms with Crippen LogP contribution in [0.25, 0.3) is 0 Å². The predicted octanol–water partition coefficient (Wildman–Crippen LogP) is 4.15. The van der Waals surface area contributed by atoms with Crippen molar-refractivity contribution in [3.63, 3.8) is 0 Å². The van der Waals surface area contributed by atoms with Gasteiger partial charge in [0, 0.05) is 17.8 Å². The molecule has 0 atom stereocenters. The largest absolute Gasteiger partial charge is 0.444 e. The molecule has 1 aromatic carbocycles. The molecule has 0 bridgehead atoms. The van der Waals surface area contributed by atoms with Crippen molar-refractivity contribution in [2.24, 2.45) is 5.92 Å². The zero-order valence-electron chi connectivity index (χ0n) is 13.8. The number of amides is 2. The van der Waals surface area contributed by atoms with Crippen LogP contribution in [0.3, 0.4) is 0 Å². The van der Waals surface area contributed by atoms with E-state index in [1.54, 1.807) is 30.3 Å². The number of anilines is 2. The van der Waals surface area contributed by atoms with E-state index in [1.807, 2.05) is 13.8 Å². The summed E-state index contributed by atoms with van der Waals surface area (Å²) in [5.41, 5.74) is 1.39. The van der Waals surface area contributed by atoms with E-state index in [1.165, 1.54) is 6.07 Å². The highest BCUT2D eigenvalue weighted by molar-refractivity contribution is 9.10. The van der Waals surface area contributed by atoms with Gasteiger partial charge in [0.1, 0.15) is 0 Å². The van der Waals surface area contributed by atoms with Crippen LogP contribution < -0.4 is 16.0 Å². The predicted molar refractivity (Wildman–Crippen MR) is 105 cm³/mol. The van der Waals surface area contributed by atoms with E-state index in [0.29, 0.717) is 28.4 Å². The summed E-state index contributed by atoms with van der Waals surface area (Å²) in [7, 11) is 0. The molecule has 3 N–H and O–H groups in total. The maximum atomic E-state index is 11.9. The van der Waals surface area contributed by atoms with Crippen LogP contribution in [0.4, 0.5) is 11.4 Å². The van der Waals surface area contributed by atoms with E-state index in [9.17, 15) is 9.59 Å². The molecule has 2 aromatic rings. The average Bonchev–Trinajstić information content (AvgIpc) is 2.95. The fourth-order valence-corrected chi connectivity index (χ4v) is 2.50. The van der Waals surface area contributed by atoms with E-state index < -0.39 is 5.91 Å². The number of hydrogen-bond donors (Lipinski definition) is 3. The summed E-state index contributed by atoms with van der Waals surface area (Å²) < 4.78 is 5.62. The third-order valence-corrected chi connectivity index (χ3v) is 3.67. The standard InChI is InChI=1S/C17H18BrN3O3S/c1-10(2)9-15(22)19-11-3-5-12(6-4-11)20-17(25)21-16(23)13-7-8-14(18)24-13/h3-8,10H,9H2,1-2H3,(H,19,22)(H2,20,21,23,25). The van der Waals surface area contributed by atoms with Gasteiger partial charge in [0.25, 0.3) is 5.91 Å². The van der Waals surface area contributed by atoms with Crippen molar-refractivity contribution in [1.29, 1.82) is 0 Å². The monoisotopic (exact) mass is 423 g/mol. The summed E-state index contributed by atoms with van der Waals surface area (Å²) in [4.78, 5) is 23.7. The number of furan rings is 1. The topological polar surface area (TPSA) is 83.4 Å². The second kappa shape index (κ2) is 8.77. The molecule has 6 nitrogen and oxygen atoms in total. The first-order valence-electron chi connectivity index (χ1n) is 7.61. The molecule has 2 amide bonds. The van der Waals surface area contributed by atoms with Crippen molar-refractivity contribution >= 4 is 56.4 Å². The van der Waals surface area contributed by atoms with Crippen LogP contribution in [-0.4, -0.2) is 16.9 Å². The number of halogens is 1. The second-order valence-corrected chi connectivity index (χ2v) is 6.93. The summed E-state index contributed by atoms with van der Waals surface area (Å²) >= 11 is 8.24. The molecule has 0 aliphatic heterocycles. The summed E-state index contributed by atoms with van der Waals surface area (Å²) in [5, 5.41) is 8.39. The smallest absolute Gasteiger partial charge is 0.293 e. The van der Waals surface area contributed by atoms with Crippen molar-refractivity contribution < 1.29 is 14.0 Å². The van der Waals surface area contributed by atoms with Gasteiger partial charge in [-0.05, 0) is 70.5 Å². The molecule has 8 heteroatoms. The molecular weight excluding hydrogens is 406 g/mol. The Morgan fingerprint density at radius 2 is 1.68 bits per heavy atom. The van der Waals surface area contributed by atoms with E-state index in [2.05, 4.69) is 31.9 Å².